The smallest absolute Gasteiger partial charge is 0.296 e. The summed E-state index contributed by atoms with van der Waals surface area (Å²) >= 11 is 0. The van der Waals surface area contributed by atoms with Gasteiger partial charge in [0, 0.05) is 19.0 Å². The lowest BCUT2D eigenvalue weighted by molar-refractivity contribution is -0.384. The number of aromatic hydroxyl groups is 1. The van der Waals surface area contributed by atoms with E-state index in [0.29, 0.717) is 5.69 Å². The van der Waals surface area contributed by atoms with Gasteiger partial charge in [-0.1, -0.05) is 6.92 Å². The van der Waals surface area contributed by atoms with Crippen LogP contribution in [0.25, 0.3) is 0 Å². The summed E-state index contributed by atoms with van der Waals surface area (Å²) in [6, 6.07) is 2.91. The average Bonchev–Trinajstić information content (AvgIpc) is 2.74. The Morgan fingerprint density at radius 3 is 2.79 bits per heavy atom. The van der Waals surface area contributed by atoms with Gasteiger partial charge in [0.05, 0.1) is 17.2 Å². The normalized spacial score (nSPS) is 29.4. The third kappa shape index (κ3) is 1.40. The molecule has 0 amide bonds. The number of likely N-dealkylation sites (N-methyl/N-ethyl adjacent to an activating group) is 2. The molecule has 2 aliphatic rings. The van der Waals surface area contributed by atoms with Gasteiger partial charge >= 0.3 is 0 Å². The van der Waals surface area contributed by atoms with Crippen LogP contribution in [0.4, 0.5) is 11.4 Å². The number of hydrogen-bond donors (Lipinski definition) is 1. The molecule has 0 aromatic heterocycles. The zero-order valence-corrected chi connectivity index (χ0v) is 11.3. The molecule has 2 aliphatic heterocycles. The van der Waals surface area contributed by atoms with Gasteiger partial charge in [0.15, 0.2) is 0 Å². The van der Waals surface area contributed by atoms with E-state index >= 15 is 0 Å². The first-order valence-electron chi connectivity index (χ1n) is 6.31. The van der Waals surface area contributed by atoms with Gasteiger partial charge in [-0.3, -0.25) is 15.0 Å². The maximum absolute atomic E-state index is 11.2. The molecule has 0 bridgehead atoms. The molecule has 1 fully saturated rings. The zero-order chi connectivity index (χ0) is 13.9. The van der Waals surface area contributed by atoms with Crippen molar-refractivity contribution in [1.82, 2.24) is 4.90 Å². The quantitative estimate of drug-likeness (QED) is 0.616. The van der Waals surface area contributed by atoms with Gasteiger partial charge in [-0.15, -0.1) is 0 Å². The molecule has 19 heavy (non-hydrogen) atoms. The summed E-state index contributed by atoms with van der Waals surface area (Å²) in [5.74, 6) is -0.0321. The van der Waals surface area contributed by atoms with Crippen LogP contribution in [0.3, 0.4) is 0 Å². The Morgan fingerprint density at radius 2 is 2.16 bits per heavy atom. The SMILES string of the molecule is CN1CCC2(C)c3cc(O)cc([N+](=O)[O-])c3N(C)C12. The molecule has 6 heteroatoms. The molecule has 0 aliphatic carbocycles. The summed E-state index contributed by atoms with van der Waals surface area (Å²) in [5.41, 5.74) is 1.35. The second-order valence-corrected chi connectivity index (χ2v) is 5.75. The van der Waals surface area contributed by atoms with Crippen LogP contribution in [0.5, 0.6) is 5.75 Å². The number of rotatable bonds is 1. The molecule has 1 N–H and O–H groups in total. The van der Waals surface area contributed by atoms with E-state index in [-0.39, 0.29) is 23.0 Å². The van der Waals surface area contributed by atoms with Gasteiger partial charge < -0.3 is 10.0 Å². The van der Waals surface area contributed by atoms with Crippen molar-refractivity contribution in [2.24, 2.45) is 0 Å². The Morgan fingerprint density at radius 1 is 1.47 bits per heavy atom. The number of hydrogen-bond acceptors (Lipinski definition) is 5. The van der Waals surface area contributed by atoms with E-state index in [4.69, 9.17) is 0 Å². The standard InChI is InChI=1S/C13H17N3O3/c1-13-4-5-14(2)12(13)15(3)11-9(13)6-8(17)7-10(11)16(18)19/h6-7,12,17H,4-5H2,1-3H3. The van der Waals surface area contributed by atoms with E-state index in [1.165, 1.54) is 6.07 Å². The summed E-state index contributed by atoms with van der Waals surface area (Å²) in [5, 5.41) is 21.0. The summed E-state index contributed by atoms with van der Waals surface area (Å²) in [7, 11) is 3.92. The summed E-state index contributed by atoms with van der Waals surface area (Å²) in [4.78, 5) is 15.0. The highest BCUT2D eigenvalue weighted by atomic mass is 16.6. The van der Waals surface area contributed by atoms with Crippen molar-refractivity contribution in [2.45, 2.75) is 24.9 Å². The van der Waals surface area contributed by atoms with Gasteiger partial charge in [0.2, 0.25) is 0 Å². The number of anilines is 1. The number of nitro groups is 1. The Labute approximate surface area is 111 Å². The van der Waals surface area contributed by atoms with Crippen molar-refractivity contribution in [3.63, 3.8) is 0 Å². The van der Waals surface area contributed by atoms with Gasteiger partial charge in [0.25, 0.3) is 5.69 Å². The van der Waals surface area contributed by atoms with Crippen molar-refractivity contribution in [3.8, 4) is 5.75 Å². The van der Waals surface area contributed by atoms with Crippen LogP contribution >= 0.6 is 0 Å². The minimum atomic E-state index is -0.417. The maximum atomic E-state index is 11.2. The van der Waals surface area contributed by atoms with Crippen molar-refractivity contribution in [2.75, 3.05) is 25.5 Å². The summed E-state index contributed by atoms with van der Waals surface area (Å²) in [6.45, 7) is 3.07. The van der Waals surface area contributed by atoms with Crippen molar-refractivity contribution >= 4 is 11.4 Å². The Balaban J connectivity index is 2.28. The fourth-order valence-corrected chi connectivity index (χ4v) is 3.82. The maximum Gasteiger partial charge on any atom is 0.296 e. The molecule has 102 valence electrons. The van der Waals surface area contributed by atoms with E-state index < -0.39 is 4.92 Å². The van der Waals surface area contributed by atoms with Gasteiger partial charge in [0.1, 0.15) is 11.4 Å². The molecular formula is C13H17N3O3. The minimum Gasteiger partial charge on any atom is -0.508 e. The third-order valence-electron chi connectivity index (χ3n) is 4.58. The van der Waals surface area contributed by atoms with E-state index in [0.717, 1.165) is 18.5 Å². The summed E-state index contributed by atoms with van der Waals surface area (Å²) in [6.07, 6.45) is 1.05. The molecule has 0 spiro atoms. The summed E-state index contributed by atoms with van der Waals surface area (Å²) < 4.78 is 0. The van der Waals surface area contributed by atoms with Crippen molar-refractivity contribution in [3.05, 3.63) is 27.8 Å². The molecular weight excluding hydrogens is 246 g/mol. The fraction of sp³-hybridized carbons (Fsp3) is 0.538. The van der Waals surface area contributed by atoms with Crippen LogP contribution in [-0.4, -0.2) is 41.7 Å². The molecule has 1 saturated heterocycles. The lowest BCUT2D eigenvalue weighted by Gasteiger charge is -2.32. The molecule has 2 unspecified atom stereocenters. The number of phenolic OH excluding ortho intramolecular Hbond substituents is 1. The van der Waals surface area contributed by atoms with Gasteiger partial charge in [-0.2, -0.15) is 0 Å². The topological polar surface area (TPSA) is 69.8 Å². The molecule has 2 atom stereocenters. The highest BCUT2D eigenvalue weighted by Gasteiger charge is 2.54. The highest BCUT2D eigenvalue weighted by molar-refractivity contribution is 5.76. The van der Waals surface area contributed by atoms with E-state index in [1.54, 1.807) is 6.07 Å². The number of nitro benzene ring substituents is 1. The third-order valence-corrected chi connectivity index (χ3v) is 4.58. The first kappa shape index (κ1) is 12.2. The van der Waals surface area contributed by atoms with Crippen LogP contribution < -0.4 is 4.90 Å². The van der Waals surface area contributed by atoms with Crippen LogP contribution in [0.1, 0.15) is 18.9 Å². The highest BCUT2D eigenvalue weighted by Crippen LogP contribution is 2.54. The van der Waals surface area contributed by atoms with E-state index in [2.05, 4.69) is 11.8 Å². The van der Waals surface area contributed by atoms with Gasteiger partial charge in [-0.05, 0) is 25.1 Å². The first-order chi connectivity index (χ1) is 8.86. The zero-order valence-electron chi connectivity index (χ0n) is 11.3. The molecule has 6 nitrogen and oxygen atoms in total. The molecule has 0 saturated carbocycles. The number of fused-ring (bicyclic) bond motifs is 3. The van der Waals surface area contributed by atoms with Crippen molar-refractivity contribution in [1.29, 1.82) is 0 Å². The fourth-order valence-electron chi connectivity index (χ4n) is 3.82. The second kappa shape index (κ2) is 3.60. The molecule has 3 rings (SSSR count). The van der Waals surface area contributed by atoms with Gasteiger partial charge in [-0.25, -0.2) is 0 Å². The van der Waals surface area contributed by atoms with Crippen LogP contribution in [0, 0.1) is 10.1 Å². The van der Waals surface area contributed by atoms with Crippen molar-refractivity contribution < 1.29 is 10.0 Å². The molecule has 0 radical (unpaired) electrons. The second-order valence-electron chi connectivity index (χ2n) is 5.75. The van der Waals surface area contributed by atoms with Crippen LogP contribution in [0.2, 0.25) is 0 Å². The predicted molar refractivity (Wildman–Crippen MR) is 71.6 cm³/mol. The number of benzene rings is 1. The lowest BCUT2D eigenvalue weighted by atomic mass is 9.81. The number of phenols is 1. The Bertz CT molecular complexity index is 574. The largest absolute Gasteiger partial charge is 0.508 e. The molecule has 2 heterocycles. The van der Waals surface area contributed by atoms with Crippen LogP contribution in [-0.2, 0) is 5.41 Å². The first-order valence-corrected chi connectivity index (χ1v) is 6.31. The van der Waals surface area contributed by atoms with Crippen LogP contribution in [0.15, 0.2) is 12.1 Å². The average molecular weight is 263 g/mol. The van der Waals surface area contributed by atoms with E-state index in [9.17, 15) is 15.2 Å². The molecule has 1 aromatic rings. The van der Waals surface area contributed by atoms with E-state index in [1.807, 2.05) is 19.0 Å². The number of likely N-dealkylation sites (tertiary alicyclic amines) is 1. The Kier molecular flexibility index (Phi) is 2.32. The lowest BCUT2D eigenvalue weighted by Crippen LogP contribution is -2.45. The molecule has 1 aromatic carbocycles. The monoisotopic (exact) mass is 263 g/mol. The number of nitrogens with zero attached hydrogens (tertiary/aromatic N) is 3. The minimum absolute atomic E-state index is 0.0125. The predicted octanol–water partition coefficient (Wildman–Crippen LogP) is 1.67. The Hall–Kier alpha value is -1.82.